The molecular formula is C44H26N2O. The molecule has 47 heavy (non-hydrogen) atoms. The van der Waals surface area contributed by atoms with Gasteiger partial charge in [-0.05, 0) is 87.0 Å². The fourth-order valence-corrected chi connectivity index (χ4v) is 8.54. The molecule has 0 saturated carbocycles. The van der Waals surface area contributed by atoms with Crippen molar-refractivity contribution in [2.45, 2.75) is 5.41 Å². The van der Waals surface area contributed by atoms with Crippen LogP contribution in [0, 0.1) is 0 Å². The number of hydrogen-bond acceptors (Lipinski definition) is 2. The van der Waals surface area contributed by atoms with Crippen LogP contribution < -0.4 is 0 Å². The van der Waals surface area contributed by atoms with Crippen LogP contribution in [-0.4, -0.2) is 9.55 Å². The second-order valence-corrected chi connectivity index (χ2v) is 12.7. The molecule has 0 saturated heterocycles. The van der Waals surface area contributed by atoms with E-state index in [4.69, 9.17) is 9.40 Å². The normalized spacial score (nSPS) is 15.7. The van der Waals surface area contributed by atoms with Crippen LogP contribution >= 0.6 is 0 Å². The number of hydrogen-bond donors (Lipinski definition) is 0. The molecule has 0 bridgehead atoms. The number of benzene rings is 7. The van der Waals surface area contributed by atoms with Gasteiger partial charge in [-0.1, -0.05) is 115 Å². The first-order chi connectivity index (χ1) is 23.3. The van der Waals surface area contributed by atoms with E-state index in [2.05, 4.69) is 138 Å². The molecule has 3 heteroatoms. The van der Waals surface area contributed by atoms with E-state index in [1.54, 1.807) is 0 Å². The Kier molecular flexibility index (Phi) is 4.78. The maximum absolute atomic E-state index is 6.07. The van der Waals surface area contributed by atoms with E-state index in [-0.39, 0.29) is 0 Å². The quantitative estimate of drug-likeness (QED) is 0.198. The standard InChI is InChI=1S/C44H26N2O/c1-3-13-34-30(10-1)31-25-24-29(27-20-22-28(23-21-27)43-45-38-16-5-8-19-41(38)47-43)26-37(31)44(34)35-14-4-7-18-40(35)46-39-17-6-2-11-32(39)33-12-9-15-36(44)42(33)46/h1-26H. The van der Waals surface area contributed by atoms with Crippen LogP contribution in [0.25, 0.3) is 72.3 Å². The van der Waals surface area contributed by atoms with Crippen molar-refractivity contribution < 1.29 is 4.42 Å². The summed E-state index contributed by atoms with van der Waals surface area (Å²) in [7, 11) is 0. The van der Waals surface area contributed by atoms with Crippen molar-refractivity contribution in [1.29, 1.82) is 0 Å². The Morgan fingerprint density at radius 2 is 1.17 bits per heavy atom. The molecular weight excluding hydrogens is 572 g/mol. The van der Waals surface area contributed by atoms with E-state index in [9.17, 15) is 0 Å². The average molecular weight is 599 g/mol. The summed E-state index contributed by atoms with van der Waals surface area (Å²) in [5.74, 6) is 0.642. The highest BCUT2D eigenvalue weighted by Crippen LogP contribution is 2.61. The Hall–Kier alpha value is -6.19. The Labute approximate surface area is 271 Å². The summed E-state index contributed by atoms with van der Waals surface area (Å²) in [6.45, 7) is 0. The van der Waals surface area contributed by atoms with Crippen LogP contribution in [0.1, 0.15) is 22.3 Å². The molecule has 3 heterocycles. The molecule has 1 unspecified atom stereocenters. The summed E-state index contributed by atoms with van der Waals surface area (Å²) < 4.78 is 8.57. The zero-order valence-electron chi connectivity index (χ0n) is 25.3. The minimum Gasteiger partial charge on any atom is -0.436 e. The Bertz CT molecular complexity index is 2710. The molecule has 9 aromatic rings. The topological polar surface area (TPSA) is 31.0 Å². The lowest BCUT2D eigenvalue weighted by Crippen LogP contribution is -2.33. The van der Waals surface area contributed by atoms with Crippen LogP contribution in [0.2, 0.25) is 0 Å². The van der Waals surface area contributed by atoms with Crippen LogP contribution in [0.5, 0.6) is 0 Å². The van der Waals surface area contributed by atoms with Gasteiger partial charge in [0, 0.05) is 16.3 Å². The maximum atomic E-state index is 6.07. The molecule has 0 N–H and O–H groups in total. The Morgan fingerprint density at radius 1 is 0.489 bits per heavy atom. The zero-order chi connectivity index (χ0) is 30.7. The fourth-order valence-electron chi connectivity index (χ4n) is 8.54. The Morgan fingerprint density at radius 3 is 2.09 bits per heavy atom. The number of fused-ring (bicyclic) bond motifs is 13. The second kappa shape index (κ2) is 8.96. The van der Waals surface area contributed by atoms with Gasteiger partial charge >= 0.3 is 0 Å². The summed E-state index contributed by atoms with van der Waals surface area (Å²) >= 11 is 0. The van der Waals surface area contributed by atoms with Gasteiger partial charge in [-0.2, -0.15) is 0 Å². The first kappa shape index (κ1) is 25.1. The SMILES string of the molecule is c1ccc2c(c1)-c1ccc(-c3ccc(-c4nc5ccccc5o4)cc3)cc1C21c2ccccc2-n2c3ccccc3c3cccc1c32. The number of para-hydroxylation sites is 5. The van der Waals surface area contributed by atoms with E-state index in [1.165, 1.54) is 66.4 Å². The summed E-state index contributed by atoms with van der Waals surface area (Å²) in [6.07, 6.45) is 0. The van der Waals surface area contributed by atoms with Gasteiger partial charge in [-0.3, -0.25) is 0 Å². The van der Waals surface area contributed by atoms with Gasteiger partial charge in [0.05, 0.1) is 22.1 Å². The highest BCUT2D eigenvalue weighted by Gasteiger charge is 2.50. The number of oxazole rings is 1. The molecule has 11 rings (SSSR count). The number of aromatic nitrogens is 2. The molecule has 2 aliphatic rings. The van der Waals surface area contributed by atoms with Crippen molar-refractivity contribution >= 4 is 32.9 Å². The summed E-state index contributed by atoms with van der Waals surface area (Å²) in [6, 6.07) is 57.3. The number of nitrogens with zero attached hydrogens (tertiary/aromatic N) is 2. The molecule has 7 aromatic carbocycles. The monoisotopic (exact) mass is 598 g/mol. The summed E-state index contributed by atoms with van der Waals surface area (Å²) in [5, 5.41) is 2.58. The van der Waals surface area contributed by atoms with Crippen LogP contribution in [0.4, 0.5) is 0 Å². The van der Waals surface area contributed by atoms with E-state index >= 15 is 0 Å². The average Bonchev–Trinajstić information content (AvgIpc) is 3.81. The maximum Gasteiger partial charge on any atom is 0.227 e. The van der Waals surface area contributed by atoms with Crippen LogP contribution in [0.3, 0.4) is 0 Å². The van der Waals surface area contributed by atoms with Gasteiger partial charge < -0.3 is 8.98 Å². The third-order valence-electron chi connectivity index (χ3n) is 10.5. The molecule has 3 nitrogen and oxygen atoms in total. The smallest absolute Gasteiger partial charge is 0.227 e. The van der Waals surface area contributed by atoms with E-state index < -0.39 is 5.41 Å². The van der Waals surface area contributed by atoms with Crippen molar-refractivity contribution in [1.82, 2.24) is 9.55 Å². The summed E-state index contributed by atoms with van der Waals surface area (Å²) in [5.41, 5.74) is 16.2. The molecule has 0 fully saturated rings. The minimum atomic E-state index is -0.458. The Balaban J connectivity index is 1.17. The van der Waals surface area contributed by atoms with Gasteiger partial charge in [0.15, 0.2) is 5.58 Å². The van der Waals surface area contributed by atoms with Crippen LogP contribution in [-0.2, 0) is 5.41 Å². The van der Waals surface area contributed by atoms with Crippen LogP contribution in [0.15, 0.2) is 162 Å². The first-order valence-electron chi connectivity index (χ1n) is 16.1. The van der Waals surface area contributed by atoms with Crippen molar-refractivity contribution in [3.8, 4) is 39.4 Å². The van der Waals surface area contributed by atoms with Gasteiger partial charge in [0.2, 0.25) is 5.89 Å². The molecule has 218 valence electrons. The molecule has 0 amide bonds. The third-order valence-corrected chi connectivity index (χ3v) is 10.5. The molecule has 1 aliphatic heterocycles. The molecule has 1 aliphatic carbocycles. The second-order valence-electron chi connectivity index (χ2n) is 12.7. The minimum absolute atomic E-state index is 0.458. The molecule has 0 radical (unpaired) electrons. The predicted octanol–water partition coefficient (Wildman–Crippen LogP) is 10.9. The van der Waals surface area contributed by atoms with Gasteiger partial charge in [0.1, 0.15) is 5.52 Å². The van der Waals surface area contributed by atoms with Crippen molar-refractivity contribution in [2.24, 2.45) is 0 Å². The first-order valence-corrected chi connectivity index (χ1v) is 16.1. The number of rotatable bonds is 2. The van der Waals surface area contributed by atoms with Gasteiger partial charge in [-0.15, -0.1) is 0 Å². The van der Waals surface area contributed by atoms with Gasteiger partial charge in [0.25, 0.3) is 0 Å². The lowest BCUT2D eigenvalue weighted by molar-refractivity contribution is 0.620. The zero-order valence-corrected chi connectivity index (χ0v) is 25.3. The van der Waals surface area contributed by atoms with E-state index in [0.717, 1.165) is 22.2 Å². The fraction of sp³-hybridized carbons (Fsp3) is 0.0227. The lowest BCUT2D eigenvalue weighted by Gasteiger charge is -2.39. The van der Waals surface area contributed by atoms with Crippen molar-refractivity contribution in [3.63, 3.8) is 0 Å². The van der Waals surface area contributed by atoms with Crippen molar-refractivity contribution in [2.75, 3.05) is 0 Å². The molecule has 1 atom stereocenters. The molecule has 2 aromatic heterocycles. The van der Waals surface area contributed by atoms with Crippen molar-refractivity contribution in [3.05, 3.63) is 180 Å². The third kappa shape index (κ3) is 3.13. The van der Waals surface area contributed by atoms with E-state index in [0.29, 0.717) is 5.89 Å². The highest BCUT2D eigenvalue weighted by atomic mass is 16.3. The molecule has 1 spiro atoms. The predicted molar refractivity (Wildman–Crippen MR) is 190 cm³/mol. The van der Waals surface area contributed by atoms with Gasteiger partial charge in [-0.25, -0.2) is 4.98 Å². The summed E-state index contributed by atoms with van der Waals surface area (Å²) in [4.78, 5) is 4.72. The lowest BCUT2D eigenvalue weighted by atomic mass is 9.65. The largest absolute Gasteiger partial charge is 0.436 e. The highest BCUT2D eigenvalue weighted by molar-refractivity contribution is 6.12. The van der Waals surface area contributed by atoms with E-state index in [1.807, 2.05) is 24.3 Å².